The van der Waals surface area contributed by atoms with E-state index in [2.05, 4.69) is 20.4 Å². The number of aromatic nitrogens is 5. The molecule has 1 aromatic carbocycles. The third-order valence-corrected chi connectivity index (χ3v) is 4.21. The minimum atomic E-state index is 0.283. The summed E-state index contributed by atoms with van der Waals surface area (Å²) in [7, 11) is 0. The van der Waals surface area contributed by atoms with Crippen LogP contribution in [0.15, 0.2) is 46.6 Å². The number of hydrogen-bond donors (Lipinski definition) is 0. The van der Waals surface area contributed by atoms with Crippen LogP contribution in [0.2, 0.25) is 5.02 Å². The summed E-state index contributed by atoms with van der Waals surface area (Å²) in [6, 6.07) is 12.8. The molecule has 3 rings (SSSR count). The number of hydrogen-bond acceptors (Lipinski definition) is 6. The molecule has 2 aromatic heterocycles. The lowest BCUT2D eigenvalue weighted by Gasteiger charge is -2.07. The number of benzene rings is 1. The summed E-state index contributed by atoms with van der Waals surface area (Å²) < 4.78 is 1.98. The van der Waals surface area contributed by atoms with Crippen LogP contribution in [0.3, 0.4) is 0 Å². The van der Waals surface area contributed by atoms with Crippen LogP contribution >= 0.6 is 23.4 Å². The first-order valence-corrected chi connectivity index (χ1v) is 8.01. The normalized spacial score (nSPS) is 10.5. The van der Waals surface area contributed by atoms with E-state index in [9.17, 15) is 0 Å². The Bertz CT molecular complexity index is 868. The Morgan fingerprint density at radius 2 is 2.04 bits per heavy atom. The van der Waals surface area contributed by atoms with Crippen molar-refractivity contribution in [2.75, 3.05) is 0 Å². The van der Waals surface area contributed by atoms with Crippen LogP contribution < -0.4 is 0 Å². The molecule has 0 unspecified atom stereocenters. The molecule has 0 spiro atoms. The van der Waals surface area contributed by atoms with Crippen molar-refractivity contribution in [3.05, 3.63) is 47.1 Å². The molecule has 8 heteroatoms. The highest BCUT2D eigenvalue weighted by Crippen LogP contribution is 2.29. The molecule has 0 N–H and O–H groups in total. The molecule has 0 radical (unpaired) electrons. The zero-order valence-corrected chi connectivity index (χ0v) is 13.7. The molecule has 0 aliphatic carbocycles. The minimum absolute atomic E-state index is 0.283. The number of halogens is 1. The van der Waals surface area contributed by atoms with Crippen LogP contribution in [0, 0.1) is 11.3 Å². The van der Waals surface area contributed by atoms with Crippen molar-refractivity contribution in [1.29, 1.82) is 5.26 Å². The fourth-order valence-corrected chi connectivity index (χ4v) is 3.02. The van der Waals surface area contributed by atoms with E-state index >= 15 is 0 Å². The summed E-state index contributed by atoms with van der Waals surface area (Å²) in [6.07, 6.45) is 0. The van der Waals surface area contributed by atoms with E-state index in [1.807, 2.05) is 41.8 Å². The Morgan fingerprint density at radius 3 is 2.70 bits per heavy atom. The van der Waals surface area contributed by atoms with Crippen molar-refractivity contribution in [2.45, 2.75) is 23.7 Å². The Labute approximate surface area is 142 Å². The summed E-state index contributed by atoms with van der Waals surface area (Å²) in [4.78, 5) is 0. The van der Waals surface area contributed by atoms with Crippen LogP contribution in [-0.4, -0.2) is 25.0 Å². The van der Waals surface area contributed by atoms with Gasteiger partial charge in [0.15, 0.2) is 16.7 Å². The molecule has 0 saturated carbocycles. The third kappa shape index (κ3) is 3.33. The van der Waals surface area contributed by atoms with E-state index in [1.54, 1.807) is 12.1 Å². The maximum atomic E-state index is 8.76. The van der Waals surface area contributed by atoms with Crippen molar-refractivity contribution >= 4 is 23.4 Å². The second-order valence-electron chi connectivity index (χ2n) is 4.53. The van der Waals surface area contributed by atoms with Gasteiger partial charge in [-0.05, 0) is 43.0 Å². The van der Waals surface area contributed by atoms with E-state index in [4.69, 9.17) is 16.9 Å². The van der Waals surface area contributed by atoms with Crippen molar-refractivity contribution in [3.8, 4) is 17.5 Å². The van der Waals surface area contributed by atoms with Gasteiger partial charge in [0.1, 0.15) is 11.1 Å². The van der Waals surface area contributed by atoms with Crippen LogP contribution in [0.25, 0.3) is 11.4 Å². The lowest BCUT2D eigenvalue weighted by Crippen LogP contribution is -2.00. The fraction of sp³-hybridized carbons (Fsp3) is 0.133. The summed E-state index contributed by atoms with van der Waals surface area (Å²) in [6.45, 7) is 2.73. The van der Waals surface area contributed by atoms with Gasteiger partial charge in [0.25, 0.3) is 0 Å². The smallest absolute Gasteiger partial charge is 0.197 e. The topological polar surface area (TPSA) is 80.3 Å². The van der Waals surface area contributed by atoms with Gasteiger partial charge in [0.2, 0.25) is 0 Å². The van der Waals surface area contributed by atoms with E-state index in [1.165, 1.54) is 11.8 Å². The highest BCUT2D eigenvalue weighted by Gasteiger charge is 2.14. The van der Waals surface area contributed by atoms with Crippen LogP contribution in [-0.2, 0) is 6.54 Å². The standard InChI is InChI=1S/C15H11ClN6S/c1-2-22-14(10-4-3-5-11(16)8-10)20-21-15(22)23-13-7-6-12(9-17)18-19-13/h3-8H,2H2,1H3. The van der Waals surface area contributed by atoms with Crippen molar-refractivity contribution in [1.82, 2.24) is 25.0 Å². The first kappa shape index (κ1) is 15.5. The molecule has 0 fully saturated rings. The molecular formula is C15H11ClN6S. The van der Waals surface area contributed by atoms with E-state index in [-0.39, 0.29) is 5.69 Å². The maximum Gasteiger partial charge on any atom is 0.197 e. The summed E-state index contributed by atoms with van der Waals surface area (Å²) in [5, 5.41) is 27.1. The molecule has 3 aromatic rings. The number of nitrogens with zero attached hydrogens (tertiary/aromatic N) is 6. The van der Waals surface area contributed by atoms with Crippen LogP contribution in [0.5, 0.6) is 0 Å². The summed E-state index contributed by atoms with van der Waals surface area (Å²) in [5.41, 5.74) is 1.19. The van der Waals surface area contributed by atoms with Gasteiger partial charge in [-0.25, -0.2) is 0 Å². The minimum Gasteiger partial charge on any atom is -0.302 e. The Morgan fingerprint density at radius 1 is 1.17 bits per heavy atom. The molecule has 0 aliphatic rings. The number of nitriles is 1. The maximum absolute atomic E-state index is 8.76. The zero-order valence-electron chi connectivity index (χ0n) is 12.1. The van der Waals surface area contributed by atoms with E-state index in [0.29, 0.717) is 21.7 Å². The summed E-state index contributed by atoms with van der Waals surface area (Å²) in [5.74, 6) is 0.749. The monoisotopic (exact) mass is 342 g/mol. The molecule has 0 bridgehead atoms. The quantitative estimate of drug-likeness (QED) is 0.722. The highest BCUT2D eigenvalue weighted by molar-refractivity contribution is 7.99. The molecule has 0 amide bonds. The Balaban J connectivity index is 1.93. The second kappa shape index (κ2) is 6.77. The molecule has 23 heavy (non-hydrogen) atoms. The lowest BCUT2D eigenvalue weighted by atomic mass is 10.2. The van der Waals surface area contributed by atoms with Crippen molar-refractivity contribution < 1.29 is 0 Å². The van der Waals surface area contributed by atoms with Gasteiger partial charge in [-0.2, -0.15) is 5.26 Å². The number of rotatable bonds is 4. The predicted octanol–water partition coefficient (Wildman–Crippen LogP) is 3.43. The van der Waals surface area contributed by atoms with Gasteiger partial charge >= 0.3 is 0 Å². The molecule has 2 heterocycles. The van der Waals surface area contributed by atoms with Crippen LogP contribution in [0.4, 0.5) is 0 Å². The molecule has 0 aliphatic heterocycles. The van der Waals surface area contributed by atoms with Gasteiger partial charge in [-0.3, -0.25) is 0 Å². The molecule has 0 atom stereocenters. The van der Waals surface area contributed by atoms with Crippen molar-refractivity contribution in [2.24, 2.45) is 0 Å². The summed E-state index contributed by atoms with van der Waals surface area (Å²) >= 11 is 7.40. The van der Waals surface area contributed by atoms with Gasteiger partial charge < -0.3 is 4.57 Å². The Hall–Kier alpha value is -2.43. The van der Waals surface area contributed by atoms with Gasteiger partial charge in [-0.15, -0.1) is 20.4 Å². The SMILES string of the molecule is CCn1c(Sc2ccc(C#N)nn2)nnc1-c1cccc(Cl)c1. The highest BCUT2D eigenvalue weighted by atomic mass is 35.5. The van der Waals surface area contributed by atoms with Gasteiger partial charge in [0.05, 0.1) is 0 Å². The van der Waals surface area contributed by atoms with E-state index < -0.39 is 0 Å². The fourth-order valence-electron chi connectivity index (χ4n) is 2.02. The molecule has 0 saturated heterocycles. The zero-order chi connectivity index (χ0) is 16.2. The third-order valence-electron chi connectivity index (χ3n) is 3.07. The van der Waals surface area contributed by atoms with Crippen molar-refractivity contribution in [3.63, 3.8) is 0 Å². The van der Waals surface area contributed by atoms with Crippen LogP contribution in [0.1, 0.15) is 12.6 Å². The molecular weight excluding hydrogens is 332 g/mol. The largest absolute Gasteiger partial charge is 0.302 e. The molecule has 114 valence electrons. The molecule has 6 nitrogen and oxygen atoms in total. The van der Waals surface area contributed by atoms with Gasteiger partial charge in [0, 0.05) is 17.1 Å². The van der Waals surface area contributed by atoms with Gasteiger partial charge in [-0.1, -0.05) is 23.7 Å². The Kier molecular flexibility index (Phi) is 4.55. The predicted molar refractivity (Wildman–Crippen MR) is 87.0 cm³/mol. The second-order valence-corrected chi connectivity index (χ2v) is 5.96. The first-order chi connectivity index (χ1) is 11.2. The lowest BCUT2D eigenvalue weighted by molar-refractivity contribution is 0.686. The average Bonchev–Trinajstić information content (AvgIpc) is 2.98. The van der Waals surface area contributed by atoms with E-state index in [0.717, 1.165) is 11.4 Å². The average molecular weight is 343 g/mol. The first-order valence-electron chi connectivity index (χ1n) is 6.82.